The maximum Gasteiger partial charge on any atom is 0.337 e. The van der Waals surface area contributed by atoms with Crippen LogP contribution in [-0.4, -0.2) is 39.3 Å². The van der Waals surface area contributed by atoms with E-state index in [9.17, 15) is 4.79 Å². The highest BCUT2D eigenvalue weighted by molar-refractivity contribution is 5.89. The van der Waals surface area contributed by atoms with Gasteiger partial charge in [0.1, 0.15) is 0 Å². The molecule has 1 fully saturated rings. The molecule has 1 unspecified atom stereocenters. The maximum absolute atomic E-state index is 11.4. The Morgan fingerprint density at radius 1 is 1.37 bits per heavy atom. The first-order valence-electron chi connectivity index (χ1n) is 6.83. The summed E-state index contributed by atoms with van der Waals surface area (Å²) in [6, 6.07) is 8.13. The van der Waals surface area contributed by atoms with Crippen LogP contribution in [-0.2, 0) is 4.74 Å². The van der Waals surface area contributed by atoms with Crippen LogP contribution < -0.4 is 10.2 Å². The first kappa shape index (κ1) is 13.9. The molecule has 1 aliphatic heterocycles. The van der Waals surface area contributed by atoms with Gasteiger partial charge in [-0.05, 0) is 43.7 Å². The van der Waals surface area contributed by atoms with Crippen molar-refractivity contribution in [2.45, 2.75) is 25.3 Å². The number of methoxy groups -OCH3 is 1. The number of piperidine rings is 1. The van der Waals surface area contributed by atoms with Crippen molar-refractivity contribution >= 4 is 11.7 Å². The van der Waals surface area contributed by atoms with E-state index in [1.165, 1.54) is 26.4 Å². The Morgan fingerprint density at radius 2 is 2.11 bits per heavy atom. The van der Waals surface area contributed by atoms with Crippen LogP contribution in [0.2, 0.25) is 0 Å². The Balaban J connectivity index is 1.94. The zero-order valence-corrected chi connectivity index (χ0v) is 11.7. The summed E-state index contributed by atoms with van der Waals surface area (Å²) < 4.78 is 4.70. The van der Waals surface area contributed by atoms with E-state index in [0.29, 0.717) is 11.6 Å². The van der Waals surface area contributed by atoms with Gasteiger partial charge in [0.25, 0.3) is 0 Å². The van der Waals surface area contributed by atoms with Gasteiger partial charge in [0, 0.05) is 25.3 Å². The lowest BCUT2D eigenvalue weighted by Crippen LogP contribution is -2.42. The molecule has 0 aromatic heterocycles. The van der Waals surface area contributed by atoms with Crippen LogP contribution in [0.25, 0.3) is 0 Å². The van der Waals surface area contributed by atoms with Gasteiger partial charge >= 0.3 is 5.97 Å². The van der Waals surface area contributed by atoms with Crippen molar-refractivity contribution in [1.82, 2.24) is 5.32 Å². The molecule has 4 nitrogen and oxygen atoms in total. The molecular weight excluding hydrogens is 240 g/mol. The molecule has 0 amide bonds. The topological polar surface area (TPSA) is 41.6 Å². The smallest absolute Gasteiger partial charge is 0.337 e. The molecule has 19 heavy (non-hydrogen) atoms. The molecular formula is C15H22N2O2. The summed E-state index contributed by atoms with van der Waals surface area (Å²) in [7, 11) is 3.49. The van der Waals surface area contributed by atoms with Crippen LogP contribution in [0.3, 0.4) is 0 Å². The van der Waals surface area contributed by atoms with Crippen LogP contribution in [0.5, 0.6) is 0 Å². The van der Waals surface area contributed by atoms with Crippen LogP contribution >= 0.6 is 0 Å². The highest BCUT2D eigenvalue weighted by Gasteiger charge is 2.15. The van der Waals surface area contributed by atoms with Crippen LogP contribution in [0.1, 0.15) is 29.6 Å². The molecule has 0 bridgehead atoms. The minimum atomic E-state index is -0.289. The monoisotopic (exact) mass is 262 g/mol. The molecule has 2 rings (SSSR count). The Bertz CT molecular complexity index is 411. The van der Waals surface area contributed by atoms with E-state index in [2.05, 4.69) is 17.3 Å². The summed E-state index contributed by atoms with van der Waals surface area (Å²) in [5, 5.41) is 3.54. The number of esters is 1. The lowest BCUT2D eigenvalue weighted by atomic mass is 10.0. The SMILES string of the molecule is COC(=O)c1ccc(N(C)CC2CCCCN2)cc1. The first-order valence-corrected chi connectivity index (χ1v) is 6.83. The molecule has 0 aliphatic carbocycles. The quantitative estimate of drug-likeness (QED) is 0.843. The molecule has 4 heteroatoms. The van der Waals surface area contributed by atoms with Crippen molar-refractivity contribution in [3.05, 3.63) is 29.8 Å². The Labute approximate surface area is 114 Å². The van der Waals surface area contributed by atoms with Gasteiger partial charge in [-0.1, -0.05) is 6.42 Å². The molecule has 1 saturated heterocycles. The van der Waals surface area contributed by atoms with Gasteiger partial charge in [-0.2, -0.15) is 0 Å². The molecule has 1 N–H and O–H groups in total. The van der Waals surface area contributed by atoms with Crippen molar-refractivity contribution in [2.24, 2.45) is 0 Å². The number of benzene rings is 1. The lowest BCUT2D eigenvalue weighted by molar-refractivity contribution is 0.0601. The van der Waals surface area contributed by atoms with Gasteiger partial charge < -0.3 is 15.0 Å². The van der Waals surface area contributed by atoms with Gasteiger partial charge in [-0.25, -0.2) is 4.79 Å². The number of carbonyl (C=O) groups excluding carboxylic acids is 1. The third kappa shape index (κ3) is 3.70. The fourth-order valence-electron chi connectivity index (χ4n) is 2.49. The van der Waals surface area contributed by atoms with Crippen molar-refractivity contribution in [1.29, 1.82) is 0 Å². The highest BCUT2D eigenvalue weighted by atomic mass is 16.5. The van der Waals surface area contributed by atoms with E-state index in [-0.39, 0.29) is 5.97 Å². The number of rotatable bonds is 4. The van der Waals surface area contributed by atoms with Crippen LogP contribution in [0, 0.1) is 0 Å². The fourth-order valence-corrected chi connectivity index (χ4v) is 2.49. The first-order chi connectivity index (χ1) is 9.20. The van der Waals surface area contributed by atoms with Gasteiger partial charge in [-0.3, -0.25) is 0 Å². The van der Waals surface area contributed by atoms with Gasteiger partial charge in [0.2, 0.25) is 0 Å². The fraction of sp³-hybridized carbons (Fsp3) is 0.533. The molecule has 1 heterocycles. The zero-order chi connectivity index (χ0) is 13.7. The van der Waals surface area contributed by atoms with E-state index in [4.69, 9.17) is 4.74 Å². The normalized spacial score (nSPS) is 18.9. The predicted molar refractivity (Wildman–Crippen MR) is 76.7 cm³/mol. The van der Waals surface area contributed by atoms with E-state index in [1.807, 2.05) is 24.3 Å². The largest absolute Gasteiger partial charge is 0.465 e. The van der Waals surface area contributed by atoms with Gasteiger partial charge in [0.05, 0.1) is 12.7 Å². The van der Waals surface area contributed by atoms with E-state index in [0.717, 1.165) is 18.8 Å². The number of hydrogen-bond acceptors (Lipinski definition) is 4. The Hall–Kier alpha value is -1.55. The third-order valence-corrected chi connectivity index (χ3v) is 3.64. The van der Waals surface area contributed by atoms with Crippen LogP contribution in [0.4, 0.5) is 5.69 Å². The molecule has 1 aliphatic rings. The summed E-state index contributed by atoms with van der Waals surface area (Å²) in [5.41, 5.74) is 1.72. The van der Waals surface area contributed by atoms with Crippen LogP contribution in [0.15, 0.2) is 24.3 Å². The number of hydrogen-bond donors (Lipinski definition) is 1. The standard InChI is InChI=1S/C15H22N2O2/c1-17(11-13-5-3-4-10-16-13)14-8-6-12(7-9-14)15(18)19-2/h6-9,13,16H,3-5,10-11H2,1-2H3. The second-order valence-corrected chi connectivity index (χ2v) is 5.07. The molecule has 1 aromatic rings. The summed E-state index contributed by atoms with van der Waals surface area (Å²) >= 11 is 0. The zero-order valence-electron chi connectivity index (χ0n) is 11.7. The van der Waals surface area contributed by atoms with Crippen molar-refractivity contribution < 1.29 is 9.53 Å². The molecule has 0 saturated carbocycles. The molecule has 0 radical (unpaired) electrons. The van der Waals surface area contributed by atoms with E-state index >= 15 is 0 Å². The summed E-state index contributed by atoms with van der Waals surface area (Å²) in [4.78, 5) is 13.6. The second-order valence-electron chi connectivity index (χ2n) is 5.07. The van der Waals surface area contributed by atoms with Gasteiger partial charge in [-0.15, -0.1) is 0 Å². The Morgan fingerprint density at radius 3 is 2.68 bits per heavy atom. The number of ether oxygens (including phenoxy) is 1. The third-order valence-electron chi connectivity index (χ3n) is 3.64. The predicted octanol–water partition coefficient (Wildman–Crippen LogP) is 2.05. The molecule has 1 atom stereocenters. The molecule has 104 valence electrons. The number of carbonyl (C=O) groups is 1. The number of nitrogens with zero attached hydrogens (tertiary/aromatic N) is 1. The minimum Gasteiger partial charge on any atom is -0.465 e. The molecule has 0 spiro atoms. The van der Waals surface area contributed by atoms with Crippen molar-refractivity contribution in [3.8, 4) is 0 Å². The van der Waals surface area contributed by atoms with E-state index in [1.54, 1.807) is 0 Å². The number of nitrogens with one attached hydrogen (secondary N) is 1. The summed E-state index contributed by atoms with van der Waals surface area (Å²) in [5.74, 6) is -0.289. The lowest BCUT2D eigenvalue weighted by Gasteiger charge is -2.29. The van der Waals surface area contributed by atoms with Gasteiger partial charge in [0.15, 0.2) is 0 Å². The average Bonchev–Trinajstić information content (AvgIpc) is 2.47. The molecule has 1 aromatic carbocycles. The number of likely N-dealkylation sites (N-methyl/N-ethyl adjacent to an activating group) is 1. The Kier molecular flexibility index (Phi) is 4.80. The summed E-state index contributed by atoms with van der Waals surface area (Å²) in [6.07, 6.45) is 3.84. The van der Waals surface area contributed by atoms with Crippen molar-refractivity contribution in [3.63, 3.8) is 0 Å². The maximum atomic E-state index is 11.4. The minimum absolute atomic E-state index is 0.289. The average molecular weight is 262 g/mol. The second kappa shape index (κ2) is 6.57. The van der Waals surface area contributed by atoms with E-state index < -0.39 is 0 Å². The highest BCUT2D eigenvalue weighted by Crippen LogP contribution is 2.16. The number of anilines is 1. The van der Waals surface area contributed by atoms with Crippen molar-refractivity contribution in [2.75, 3.05) is 32.1 Å². The summed E-state index contributed by atoms with van der Waals surface area (Å²) in [6.45, 7) is 2.12.